The van der Waals surface area contributed by atoms with Crippen molar-refractivity contribution in [3.8, 4) is 0 Å². The Morgan fingerprint density at radius 2 is 1.88 bits per heavy atom. The number of anilines is 2. The van der Waals surface area contributed by atoms with Crippen LogP contribution in [-0.4, -0.2) is 14.9 Å². The number of aromatic nitrogens is 2. The second-order valence-electron chi connectivity index (χ2n) is 5.26. The van der Waals surface area contributed by atoms with Crippen LogP contribution in [0.3, 0.4) is 0 Å². The van der Waals surface area contributed by atoms with Crippen LogP contribution < -0.4 is 10.6 Å². The molecule has 0 aliphatic rings. The summed E-state index contributed by atoms with van der Waals surface area (Å²) in [5, 5.41) is 10.7. The van der Waals surface area contributed by atoms with Gasteiger partial charge in [-0.2, -0.15) is 5.10 Å². The van der Waals surface area contributed by atoms with Crippen molar-refractivity contribution in [3.05, 3.63) is 75.7 Å². The minimum atomic E-state index is -0.472. The summed E-state index contributed by atoms with van der Waals surface area (Å²) in [6.45, 7) is 0.655. The maximum absolute atomic E-state index is 13.2. The third kappa shape index (κ3) is 5.01. The summed E-state index contributed by atoms with van der Waals surface area (Å²) in [5.74, 6) is -0.472. The average molecular weight is 440 g/mol. The van der Waals surface area contributed by atoms with Crippen LogP contribution >= 0.6 is 39.7 Å². The highest BCUT2D eigenvalue weighted by Crippen LogP contribution is 2.19. The number of thiocarbonyl (C=S) groups is 1. The van der Waals surface area contributed by atoms with E-state index in [0.717, 1.165) is 15.7 Å². The summed E-state index contributed by atoms with van der Waals surface area (Å²) in [7, 11) is 0. The molecule has 8 heteroatoms. The molecule has 25 heavy (non-hydrogen) atoms. The van der Waals surface area contributed by atoms with Crippen LogP contribution in [0.2, 0.25) is 5.02 Å². The number of hydrogen-bond donors (Lipinski definition) is 2. The van der Waals surface area contributed by atoms with Crippen molar-refractivity contribution in [1.29, 1.82) is 0 Å². The van der Waals surface area contributed by atoms with Gasteiger partial charge in [-0.1, -0.05) is 39.7 Å². The Labute approximate surface area is 163 Å². The van der Waals surface area contributed by atoms with Gasteiger partial charge < -0.3 is 10.6 Å². The van der Waals surface area contributed by atoms with E-state index in [1.54, 1.807) is 12.3 Å². The monoisotopic (exact) mass is 438 g/mol. The van der Waals surface area contributed by atoms with Crippen LogP contribution in [0.15, 0.2) is 59.3 Å². The molecule has 0 saturated carbocycles. The van der Waals surface area contributed by atoms with Crippen LogP contribution in [0.5, 0.6) is 0 Å². The van der Waals surface area contributed by atoms with Crippen molar-refractivity contribution in [2.24, 2.45) is 0 Å². The molecule has 0 fully saturated rings. The van der Waals surface area contributed by atoms with E-state index in [1.165, 1.54) is 12.1 Å². The SMILES string of the molecule is Fc1ccc(NC(=S)Nc2cnn(Cc3ccc(Br)cc3)c2)cc1Cl. The van der Waals surface area contributed by atoms with Crippen molar-refractivity contribution in [3.63, 3.8) is 0 Å². The molecule has 0 radical (unpaired) electrons. The first kappa shape index (κ1) is 17.8. The highest BCUT2D eigenvalue weighted by atomic mass is 79.9. The highest BCUT2D eigenvalue weighted by Gasteiger charge is 2.05. The largest absolute Gasteiger partial charge is 0.332 e. The Morgan fingerprint density at radius 1 is 1.16 bits per heavy atom. The molecule has 3 aromatic rings. The van der Waals surface area contributed by atoms with Crippen molar-refractivity contribution in [2.75, 3.05) is 10.6 Å². The summed E-state index contributed by atoms with van der Waals surface area (Å²) < 4.78 is 16.0. The van der Waals surface area contributed by atoms with Crippen molar-refractivity contribution >= 4 is 56.2 Å². The Hall–Kier alpha value is -1.96. The van der Waals surface area contributed by atoms with Crippen molar-refractivity contribution < 1.29 is 4.39 Å². The smallest absolute Gasteiger partial charge is 0.175 e. The lowest BCUT2D eigenvalue weighted by atomic mass is 10.2. The molecule has 0 unspecified atom stereocenters. The van der Waals surface area contributed by atoms with E-state index in [1.807, 2.05) is 35.1 Å². The van der Waals surface area contributed by atoms with Gasteiger partial charge in [0.2, 0.25) is 0 Å². The predicted octanol–water partition coefficient (Wildman–Crippen LogP) is 5.30. The molecule has 0 aliphatic carbocycles. The molecule has 3 rings (SSSR count). The minimum absolute atomic E-state index is 0.0371. The van der Waals surface area contributed by atoms with Gasteiger partial charge in [-0.15, -0.1) is 0 Å². The van der Waals surface area contributed by atoms with Crippen LogP contribution in [0.4, 0.5) is 15.8 Å². The Kier molecular flexibility index (Phi) is 5.67. The third-order valence-corrected chi connectivity index (χ3v) is 4.35. The molecule has 2 N–H and O–H groups in total. The number of nitrogens with zero attached hydrogens (tertiary/aromatic N) is 2. The molecule has 128 valence electrons. The normalized spacial score (nSPS) is 10.5. The van der Waals surface area contributed by atoms with Gasteiger partial charge in [-0.3, -0.25) is 4.68 Å². The molecule has 0 bridgehead atoms. The Balaban J connectivity index is 1.59. The lowest BCUT2D eigenvalue weighted by molar-refractivity contribution is 0.628. The first-order chi connectivity index (χ1) is 12.0. The minimum Gasteiger partial charge on any atom is -0.332 e. The zero-order valence-corrected chi connectivity index (χ0v) is 16.0. The first-order valence-electron chi connectivity index (χ1n) is 7.29. The standard InChI is InChI=1S/C17H13BrClFN4S/c18-12-3-1-11(2-4-12)9-24-10-14(8-21-24)23-17(25)22-13-5-6-16(20)15(19)7-13/h1-8,10H,9H2,(H2,22,23,25). The van der Waals surface area contributed by atoms with E-state index in [0.29, 0.717) is 17.3 Å². The summed E-state index contributed by atoms with van der Waals surface area (Å²) >= 11 is 14.4. The number of nitrogens with one attached hydrogen (secondary N) is 2. The van der Waals surface area contributed by atoms with Crippen LogP contribution in [0.1, 0.15) is 5.56 Å². The van der Waals surface area contributed by atoms with E-state index in [9.17, 15) is 4.39 Å². The number of halogens is 3. The highest BCUT2D eigenvalue weighted by molar-refractivity contribution is 9.10. The van der Waals surface area contributed by atoms with Gasteiger partial charge in [0, 0.05) is 16.4 Å². The van der Waals surface area contributed by atoms with Gasteiger partial charge in [0.15, 0.2) is 5.11 Å². The third-order valence-electron chi connectivity index (χ3n) is 3.33. The Morgan fingerprint density at radius 3 is 2.60 bits per heavy atom. The van der Waals surface area contributed by atoms with Crippen molar-refractivity contribution in [1.82, 2.24) is 9.78 Å². The lowest BCUT2D eigenvalue weighted by Crippen LogP contribution is -2.18. The van der Waals surface area contributed by atoms with Crippen LogP contribution in [0, 0.1) is 5.82 Å². The van der Waals surface area contributed by atoms with Gasteiger partial charge in [0.05, 0.1) is 23.5 Å². The fourth-order valence-electron chi connectivity index (χ4n) is 2.16. The summed E-state index contributed by atoms with van der Waals surface area (Å²) in [6.07, 6.45) is 3.54. The first-order valence-corrected chi connectivity index (χ1v) is 8.87. The average Bonchev–Trinajstić information content (AvgIpc) is 3.00. The Bertz CT molecular complexity index is 898. The molecule has 0 atom stereocenters. The van der Waals surface area contributed by atoms with Gasteiger partial charge in [-0.25, -0.2) is 4.39 Å². The quantitative estimate of drug-likeness (QED) is 0.542. The molecule has 0 saturated heterocycles. The second-order valence-corrected chi connectivity index (χ2v) is 6.99. The van der Waals surface area contributed by atoms with Gasteiger partial charge in [0.1, 0.15) is 5.82 Å². The van der Waals surface area contributed by atoms with Crippen molar-refractivity contribution in [2.45, 2.75) is 6.54 Å². The van der Waals surface area contributed by atoms with Gasteiger partial charge in [0.25, 0.3) is 0 Å². The topological polar surface area (TPSA) is 41.9 Å². The van der Waals surface area contributed by atoms with Gasteiger partial charge >= 0.3 is 0 Å². The summed E-state index contributed by atoms with van der Waals surface area (Å²) in [6, 6.07) is 12.4. The molecule has 0 aliphatic heterocycles. The van der Waals surface area contributed by atoms with E-state index >= 15 is 0 Å². The summed E-state index contributed by atoms with van der Waals surface area (Å²) in [5.41, 5.74) is 2.49. The number of rotatable bonds is 4. The second kappa shape index (κ2) is 7.95. The molecule has 1 heterocycles. The van der Waals surface area contributed by atoms with E-state index < -0.39 is 5.82 Å². The predicted molar refractivity (Wildman–Crippen MR) is 107 cm³/mol. The van der Waals surface area contributed by atoms with E-state index in [4.69, 9.17) is 23.8 Å². The summed E-state index contributed by atoms with van der Waals surface area (Å²) in [4.78, 5) is 0. The maximum Gasteiger partial charge on any atom is 0.175 e. The lowest BCUT2D eigenvalue weighted by Gasteiger charge is -2.09. The number of benzene rings is 2. The fraction of sp³-hybridized carbons (Fsp3) is 0.0588. The van der Waals surface area contributed by atoms with Crippen LogP contribution in [0.25, 0.3) is 0 Å². The molecule has 0 spiro atoms. The molecule has 1 aromatic heterocycles. The molecule has 0 amide bonds. The zero-order valence-electron chi connectivity index (χ0n) is 12.8. The molecule has 2 aromatic carbocycles. The van der Waals surface area contributed by atoms with Gasteiger partial charge in [-0.05, 0) is 48.1 Å². The fourth-order valence-corrected chi connectivity index (χ4v) is 2.84. The molecular weight excluding hydrogens is 427 g/mol. The molecular formula is C17H13BrClFN4S. The van der Waals surface area contributed by atoms with E-state index in [2.05, 4.69) is 31.7 Å². The van der Waals surface area contributed by atoms with E-state index in [-0.39, 0.29) is 5.02 Å². The zero-order chi connectivity index (χ0) is 17.8. The maximum atomic E-state index is 13.2. The molecule has 4 nitrogen and oxygen atoms in total. The van der Waals surface area contributed by atoms with Crippen LogP contribution in [-0.2, 0) is 6.54 Å². The number of hydrogen-bond acceptors (Lipinski definition) is 2.